The molecule has 0 bridgehead atoms. The van der Waals surface area contributed by atoms with Gasteiger partial charge in [0.2, 0.25) is 0 Å². The molecule has 3 N–H and O–H groups in total. The lowest BCUT2D eigenvalue weighted by molar-refractivity contribution is 0.530. The van der Waals surface area contributed by atoms with E-state index >= 15 is 0 Å². The number of rotatable bonds is 4. The average Bonchev–Trinajstić information content (AvgIpc) is 2.90. The highest BCUT2D eigenvalue weighted by atomic mass is 127. The predicted molar refractivity (Wildman–Crippen MR) is 115 cm³/mol. The van der Waals surface area contributed by atoms with E-state index in [1.165, 1.54) is 38.5 Å². The summed E-state index contributed by atoms with van der Waals surface area (Å²) in [5, 5.41) is 3.39. The van der Waals surface area contributed by atoms with Crippen molar-refractivity contribution in [1.29, 1.82) is 0 Å². The first kappa shape index (κ1) is 19.7. The summed E-state index contributed by atoms with van der Waals surface area (Å²) in [4.78, 5) is 8.92. The molecule has 1 aromatic carbocycles. The van der Waals surface area contributed by atoms with Crippen LogP contribution in [0.2, 0.25) is 0 Å². The molecular weight excluding hydrogens is 423 g/mol. The van der Waals surface area contributed by atoms with Crippen LogP contribution < -0.4 is 11.1 Å². The molecule has 0 amide bonds. The molecule has 2 aromatic rings. The number of pyridine rings is 1. The van der Waals surface area contributed by atoms with Gasteiger partial charge in [0.15, 0.2) is 5.96 Å². The number of nitrogens with zero attached hydrogens (tertiary/aromatic N) is 2. The van der Waals surface area contributed by atoms with Gasteiger partial charge in [-0.3, -0.25) is 4.98 Å². The summed E-state index contributed by atoms with van der Waals surface area (Å²) in [6.45, 7) is 0.590. The lowest BCUT2D eigenvalue weighted by Gasteiger charge is -2.16. The second kappa shape index (κ2) is 10.4. The first-order valence-corrected chi connectivity index (χ1v) is 8.88. The van der Waals surface area contributed by atoms with Gasteiger partial charge in [-0.25, -0.2) is 4.99 Å². The van der Waals surface area contributed by atoms with Crippen molar-refractivity contribution in [1.82, 2.24) is 10.3 Å². The van der Waals surface area contributed by atoms with E-state index in [0.717, 1.165) is 16.8 Å². The van der Waals surface area contributed by atoms with Crippen LogP contribution in [0.4, 0.5) is 0 Å². The molecule has 1 aliphatic carbocycles. The summed E-state index contributed by atoms with van der Waals surface area (Å²) in [6, 6.07) is 14.8. The van der Waals surface area contributed by atoms with Crippen molar-refractivity contribution in [2.24, 2.45) is 10.7 Å². The van der Waals surface area contributed by atoms with E-state index in [1.54, 1.807) is 0 Å². The Hall–Kier alpha value is -1.63. The zero-order valence-corrected chi connectivity index (χ0v) is 16.9. The van der Waals surface area contributed by atoms with Crippen molar-refractivity contribution in [3.63, 3.8) is 0 Å². The largest absolute Gasteiger partial charge is 0.370 e. The maximum absolute atomic E-state index is 6.08. The summed E-state index contributed by atoms with van der Waals surface area (Å²) in [5.74, 6) is 0.560. The third-order valence-electron chi connectivity index (χ3n) is 4.53. The first-order valence-electron chi connectivity index (χ1n) is 8.88. The van der Waals surface area contributed by atoms with Crippen molar-refractivity contribution in [3.05, 3.63) is 54.2 Å². The molecule has 0 spiro atoms. The van der Waals surface area contributed by atoms with Crippen LogP contribution in [0.15, 0.2) is 53.7 Å². The zero-order chi connectivity index (χ0) is 16.6. The van der Waals surface area contributed by atoms with Crippen LogP contribution in [0.5, 0.6) is 0 Å². The van der Waals surface area contributed by atoms with Crippen LogP contribution in [-0.4, -0.2) is 17.0 Å². The van der Waals surface area contributed by atoms with Crippen LogP contribution in [0.3, 0.4) is 0 Å². The van der Waals surface area contributed by atoms with Gasteiger partial charge in [-0.05, 0) is 36.6 Å². The summed E-state index contributed by atoms with van der Waals surface area (Å²) >= 11 is 0. The number of hydrogen-bond donors (Lipinski definition) is 2. The monoisotopic (exact) mass is 450 g/mol. The number of aliphatic imine (C=N–C) groups is 1. The average molecular weight is 450 g/mol. The van der Waals surface area contributed by atoms with Gasteiger partial charge < -0.3 is 11.1 Å². The topological polar surface area (TPSA) is 63.3 Å². The fourth-order valence-corrected chi connectivity index (χ4v) is 3.22. The second-order valence-electron chi connectivity index (χ2n) is 6.45. The third-order valence-corrected chi connectivity index (χ3v) is 4.53. The molecule has 3 rings (SSSR count). The van der Waals surface area contributed by atoms with Crippen molar-refractivity contribution < 1.29 is 0 Å². The van der Waals surface area contributed by atoms with Gasteiger partial charge in [-0.1, -0.05) is 49.9 Å². The molecule has 5 heteroatoms. The number of guanidine groups is 1. The summed E-state index contributed by atoms with van der Waals surface area (Å²) < 4.78 is 0. The van der Waals surface area contributed by atoms with E-state index in [4.69, 9.17) is 5.73 Å². The molecule has 1 fully saturated rings. The van der Waals surface area contributed by atoms with E-state index in [2.05, 4.69) is 33.5 Å². The van der Waals surface area contributed by atoms with Gasteiger partial charge in [0.25, 0.3) is 0 Å². The van der Waals surface area contributed by atoms with Gasteiger partial charge in [0.05, 0.1) is 12.2 Å². The van der Waals surface area contributed by atoms with E-state index in [9.17, 15) is 0 Å². The minimum absolute atomic E-state index is 0. The Morgan fingerprint density at radius 3 is 2.60 bits per heavy atom. The summed E-state index contributed by atoms with van der Waals surface area (Å²) in [6.07, 6.45) is 9.48. The van der Waals surface area contributed by atoms with Crippen molar-refractivity contribution in [2.75, 3.05) is 0 Å². The van der Waals surface area contributed by atoms with Gasteiger partial charge in [0, 0.05) is 17.8 Å². The molecule has 0 atom stereocenters. The molecule has 0 aliphatic heterocycles. The van der Waals surface area contributed by atoms with Crippen molar-refractivity contribution in [3.8, 4) is 11.3 Å². The number of benzene rings is 1. The van der Waals surface area contributed by atoms with Crippen LogP contribution in [0.25, 0.3) is 11.3 Å². The highest BCUT2D eigenvalue weighted by Crippen LogP contribution is 2.19. The van der Waals surface area contributed by atoms with Gasteiger partial charge in [-0.15, -0.1) is 24.0 Å². The second-order valence-corrected chi connectivity index (χ2v) is 6.45. The first-order chi connectivity index (χ1) is 11.8. The molecule has 4 nitrogen and oxygen atoms in total. The molecule has 25 heavy (non-hydrogen) atoms. The SMILES string of the molecule is I.NC(=NCc1cccc(-c2ccccn2)c1)NC1CCCCCC1. The zero-order valence-electron chi connectivity index (χ0n) is 14.5. The van der Waals surface area contributed by atoms with Gasteiger partial charge >= 0.3 is 0 Å². The number of halogens is 1. The Morgan fingerprint density at radius 2 is 1.88 bits per heavy atom. The summed E-state index contributed by atoms with van der Waals surface area (Å²) in [5.41, 5.74) is 9.31. The van der Waals surface area contributed by atoms with Crippen molar-refractivity contribution in [2.45, 2.75) is 51.1 Å². The molecule has 1 saturated carbocycles. The molecule has 134 valence electrons. The molecule has 0 radical (unpaired) electrons. The number of hydrogen-bond acceptors (Lipinski definition) is 2. The Balaban J connectivity index is 0.00000225. The summed E-state index contributed by atoms with van der Waals surface area (Å²) in [7, 11) is 0. The normalized spacial score (nSPS) is 15.9. The molecule has 1 aliphatic rings. The Kier molecular flexibility index (Phi) is 8.18. The molecule has 0 saturated heterocycles. The van der Waals surface area contributed by atoms with E-state index in [1.807, 2.05) is 30.5 Å². The van der Waals surface area contributed by atoms with E-state index < -0.39 is 0 Å². The minimum atomic E-state index is 0. The molecule has 0 unspecified atom stereocenters. The number of nitrogens with two attached hydrogens (primary N) is 1. The Morgan fingerprint density at radius 1 is 1.08 bits per heavy atom. The van der Waals surface area contributed by atoms with Crippen LogP contribution in [0, 0.1) is 0 Å². The molecule has 1 aromatic heterocycles. The van der Waals surface area contributed by atoms with Crippen LogP contribution in [-0.2, 0) is 6.54 Å². The highest BCUT2D eigenvalue weighted by molar-refractivity contribution is 14.0. The molecule has 1 heterocycles. The number of nitrogens with one attached hydrogen (secondary N) is 1. The number of aromatic nitrogens is 1. The maximum Gasteiger partial charge on any atom is 0.189 e. The lowest BCUT2D eigenvalue weighted by atomic mass is 10.1. The smallest absolute Gasteiger partial charge is 0.189 e. The third kappa shape index (κ3) is 6.30. The predicted octanol–water partition coefficient (Wildman–Crippen LogP) is 4.49. The van der Waals surface area contributed by atoms with Gasteiger partial charge in [0.1, 0.15) is 0 Å². The molecular formula is C20H27IN4. The maximum atomic E-state index is 6.08. The van der Waals surface area contributed by atoms with Crippen LogP contribution >= 0.6 is 24.0 Å². The fourth-order valence-electron chi connectivity index (χ4n) is 3.22. The Labute approximate surface area is 167 Å². The van der Waals surface area contributed by atoms with Crippen LogP contribution in [0.1, 0.15) is 44.1 Å². The fraction of sp³-hybridized carbons (Fsp3) is 0.400. The standard InChI is InChI=1S/C20H26N4.HI/c21-20(24-18-10-3-1-2-4-11-18)23-15-16-8-7-9-17(14-16)19-12-5-6-13-22-19;/h5-9,12-14,18H,1-4,10-11,15H2,(H3,21,23,24);1H. The van der Waals surface area contributed by atoms with E-state index in [-0.39, 0.29) is 24.0 Å². The van der Waals surface area contributed by atoms with Gasteiger partial charge in [-0.2, -0.15) is 0 Å². The lowest BCUT2D eigenvalue weighted by Crippen LogP contribution is -2.39. The Bertz CT molecular complexity index is 664. The van der Waals surface area contributed by atoms with E-state index in [0.29, 0.717) is 18.5 Å². The van der Waals surface area contributed by atoms with Crippen molar-refractivity contribution >= 4 is 29.9 Å². The quantitative estimate of drug-likeness (QED) is 0.312. The highest BCUT2D eigenvalue weighted by Gasteiger charge is 2.12. The minimum Gasteiger partial charge on any atom is -0.370 e.